The van der Waals surface area contributed by atoms with Crippen LogP contribution in [0.3, 0.4) is 0 Å². The van der Waals surface area contributed by atoms with E-state index in [1.54, 1.807) is 0 Å². The van der Waals surface area contributed by atoms with Gasteiger partial charge in [-0.3, -0.25) is 15.0 Å². The maximum absolute atomic E-state index is 11.7. The van der Waals surface area contributed by atoms with E-state index in [1.807, 2.05) is 6.92 Å². The van der Waals surface area contributed by atoms with Gasteiger partial charge in [0.25, 0.3) is 0 Å². The minimum atomic E-state index is -0.389. The molecule has 0 aromatic carbocycles. The van der Waals surface area contributed by atoms with Crippen LogP contribution >= 0.6 is 0 Å². The normalized spacial score (nSPS) is 27.4. The number of hydrogen-bond acceptors (Lipinski definition) is 3. The molecule has 108 valence electrons. The van der Waals surface area contributed by atoms with Crippen LogP contribution in [-0.4, -0.2) is 43.0 Å². The molecular formula is C14H25N3O2. The molecule has 0 bridgehead atoms. The number of fused-ring (bicyclic) bond motifs is 1. The van der Waals surface area contributed by atoms with Crippen molar-refractivity contribution in [2.45, 2.75) is 39.0 Å². The highest BCUT2D eigenvalue weighted by molar-refractivity contribution is 5.95. The fraction of sp³-hybridized carbons (Fsp3) is 0.857. The van der Waals surface area contributed by atoms with Gasteiger partial charge in [-0.25, -0.2) is 4.79 Å². The van der Waals surface area contributed by atoms with Crippen LogP contribution in [0.4, 0.5) is 4.79 Å². The first-order valence-corrected chi connectivity index (χ1v) is 7.49. The molecule has 1 aliphatic heterocycles. The van der Waals surface area contributed by atoms with Gasteiger partial charge >= 0.3 is 6.03 Å². The Morgan fingerprint density at radius 1 is 1.16 bits per heavy atom. The third kappa shape index (κ3) is 4.20. The van der Waals surface area contributed by atoms with Gasteiger partial charge < -0.3 is 5.32 Å². The summed E-state index contributed by atoms with van der Waals surface area (Å²) < 4.78 is 0. The van der Waals surface area contributed by atoms with Crippen molar-refractivity contribution in [1.29, 1.82) is 0 Å². The SMILES string of the molecule is CCNC(=O)NC(=O)CN1CCC2CCCCC2C1. The Balaban J connectivity index is 1.74. The first kappa shape index (κ1) is 14.3. The zero-order valence-electron chi connectivity index (χ0n) is 11.8. The lowest BCUT2D eigenvalue weighted by molar-refractivity contribution is -0.121. The molecule has 5 nitrogen and oxygen atoms in total. The van der Waals surface area contributed by atoms with Crippen LogP contribution in [0.2, 0.25) is 0 Å². The molecule has 0 radical (unpaired) electrons. The second kappa shape index (κ2) is 6.89. The smallest absolute Gasteiger partial charge is 0.321 e. The number of likely N-dealkylation sites (tertiary alicyclic amines) is 1. The van der Waals surface area contributed by atoms with Crippen LogP contribution in [-0.2, 0) is 4.79 Å². The number of piperidine rings is 1. The standard InChI is InChI=1S/C14H25N3O2/c1-2-15-14(19)16-13(18)10-17-8-7-11-5-3-4-6-12(11)9-17/h11-12H,2-10H2,1H3,(H2,15,16,18,19). The van der Waals surface area contributed by atoms with Crippen molar-refractivity contribution >= 4 is 11.9 Å². The van der Waals surface area contributed by atoms with Gasteiger partial charge in [0, 0.05) is 13.1 Å². The molecule has 3 amide bonds. The van der Waals surface area contributed by atoms with E-state index >= 15 is 0 Å². The fourth-order valence-corrected chi connectivity index (χ4v) is 3.39. The Hall–Kier alpha value is -1.10. The molecule has 2 unspecified atom stereocenters. The maximum atomic E-state index is 11.7. The minimum absolute atomic E-state index is 0.194. The van der Waals surface area contributed by atoms with E-state index in [2.05, 4.69) is 15.5 Å². The number of rotatable bonds is 3. The summed E-state index contributed by atoms with van der Waals surface area (Å²) in [6.45, 7) is 4.72. The van der Waals surface area contributed by atoms with Gasteiger partial charge in [0.15, 0.2) is 0 Å². The van der Waals surface area contributed by atoms with Gasteiger partial charge in [0.1, 0.15) is 0 Å². The lowest BCUT2D eigenvalue weighted by atomic mass is 9.75. The summed E-state index contributed by atoms with van der Waals surface area (Å²) in [4.78, 5) is 25.2. The van der Waals surface area contributed by atoms with Crippen LogP contribution in [0.15, 0.2) is 0 Å². The van der Waals surface area contributed by atoms with Crippen molar-refractivity contribution in [1.82, 2.24) is 15.5 Å². The van der Waals surface area contributed by atoms with E-state index in [1.165, 1.54) is 32.1 Å². The second-order valence-electron chi connectivity index (χ2n) is 5.74. The first-order valence-electron chi connectivity index (χ1n) is 7.49. The Morgan fingerprint density at radius 2 is 1.89 bits per heavy atom. The van der Waals surface area contributed by atoms with E-state index < -0.39 is 0 Å². The topological polar surface area (TPSA) is 61.4 Å². The molecule has 1 aliphatic carbocycles. The largest absolute Gasteiger partial charge is 0.338 e. The van der Waals surface area contributed by atoms with Crippen LogP contribution in [0, 0.1) is 11.8 Å². The number of urea groups is 1. The average molecular weight is 267 g/mol. The summed E-state index contributed by atoms with van der Waals surface area (Å²) >= 11 is 0. The van der Waals surface area contributed by atoms with E-state index in [0.29, 0.717) is 13.1 Å². The number of amides is 3. The molecule has 5 heteroatoms. The summed E-state index contributed by atoms with van der Waals surface area (Å²) in [5.74, 6) is 1.44. The molecular weight excluding hydrogens is 242 g/mol. The number of hydrogen-bond donors (Lipinski definition) is 2. The summed E-state index contributed by atoms with van der Waals surface area (Å²) in [7, 11) is 0. The minimum Gasteiger partial charge on any atom is -0.338 e. The van der Waals surface area contributed by atoms with Gasteiger partial charge in [-0.05, 0) is 38.1 Å². The molecule has 0 aromatic heterocycles. The van der Waals surface area contributed by atoms with Gasteiger partial charge in [0.05, 0.1) is 6.54 Å². The predicted octanol–water partition coefficient (Wildman–Crippen LogP) is 1.34. The second-order valence-corrected chi connectivity index (χ2v) is 5.74. The zero-order valence-corrected chi connectivity index (χ0v) is 11.8. The van der Waals surface area contributed by atoms with Gasteiger partial charge in [-0.2, -0.15) is 0 Å². The lowest BCUT2D eigenvalue weighted by Gasteiger charge is -2.40. The first-order chi connectivity index (χ1) is 9.19. The molecule has 2 aliphatic rings. The Labute approximate surface area is 115 Å². The molecule has 1 heterocycles. The Morgan fingerprint density at radius 3 is 2.63 bits per heavy atom. The van der Waals surface area contributed by atoms with Crippen LogP contribution in [0.5, 0.6) is 0 Å². The molecule has 0 aromatic rings. The summed E-state index contributed by atoms with van der Waals surface area (Å²) in [5.41, 5.74) is 0. The predicted molar refractivity (Wildman–Crippen MR) is 73.7 cm³/mol. The van der Waals surface area contributed by atoms with Gasteiger partial charge in [-0.1, -0.05) is 19.3 Å². The lowest BCUT2D eigenvalue weighted by Crippen LogP contribution is -2.48. The van der Waals surface area contributed by atoms with Gasteiger partial charge in [-0.15, -0.1) is 0 Å². The number of carbonyl (C=O) groups excluding carboxylic acids is 2. The Bertz CT molecular complexity index is 333. The quantitative estimate of drug-likeness (QED) is 0.811. The highest BCUT2D eigenvalue weighted by Gasteiger charge is 2.31. The van der Waals surface area contributed by atoms with Crippen LogP contribution in [0.1, 0.15) is 39.0 Å². The zero-order chi connectivity index (χ0) is 13.7. The molecule has 1 saturated heterocycles. The maximum Gasteiger partial charge on any atom is 0.321 e. The van der Waals surface area contributed by atoms with E-state index in [0.717, 1.165) is 24.9 Å². The number of nitrogens with one attached hydrogen (secondary N) is 2. The molecule has 2 fully saturated rings. The third-order valence-corrected chi connectivity index (χ3v) is 4.33. The van der Waals surface area contributed by atoms with Crippen molar-refractivity contribution in [3.63, 3.8) is 0 Å². The number of nitrogens with zero attached hydrogens (tertiary/aromatic N) is 1. The van der Waals surface area contributed by atoms with Crippen LogP contribution in [0.25, 0.3) is 0 Å². The van der Waals surface area contributed by atoms with E-state index in [-0.39, 0.29) is 11.9 Å². The van der Waals surface area contributed by atoms with Crippen molar-refractivity contribution in [3.05, 3.63) is 0 Å². The van der Waals surface area contributed by atoms with E-state index in [4.69, 9.17) is 0 Å². The number of carbonyl (C=O) groups is 2. The summed E-state index contributed by atoms with van der Waals surface area (Å²) in [6.07, 6.45) is 6.58. The monoisotopic (exact) mass is 267 g/mol. The van der Waals surface area contributed by atoms with Gasteiger partial charge in [0.2, 0.25) is 5.91 Å². The number of imide groups is 1. The molecule has 1 saturated carbocycles. The highest BCUT2D eigenvalue weighted by Crippen LogP contribution is 2.35. The van der Waals surface area contributed by atoms with Crippen molar-refractivity contribution < 1.29 is 9.59 Å². The highest BCUT2D eigenvalue weighted by atomic mass is 16.2. The molecule has 2 atom stereocenters. The molecule has 0 spiro atoms. The van der Waals surface area contributed by atoms with Crippen molar-refractivity contribution in [2.24, 2.45) is 11.8 Å². The molecule has 19 heavy (non-hydrogen) atoms. The summed E-state index contributed by atoms with van der Waals surface area (Å²) in [5, 5.41) is 4.94. The fourth-order valence-electron chi connectivity index (χ4n) is 3.39. The van der Waals surface area contributed by atoms with Crippen LogP contribution < -0.4 is 10.6 Å². The molecule has 2 N–H and O–H groups in total. The molecule has 2 rings (SSSR count). The Kier molecular flexibility index (Phi) is 5.19. The van der Waals surface area contributed by atoms with Crippen molar-refractivity contribution in [3.8, 4) is 0 Å². The third-order valence-electron chi connectivity index (χ3n) is 4.33. The summed E-state index contributed by atoms with van der Waals surface area (Å²) in [6, 6.07) is -0.389. The van der Waals surface area contributed by atoms with E-state index in [9.17, 15) is 9.59 Å². The van der Waals surface area contributed by atoms with Crippen molar-refractivity contribution in [2.75, 3.05) is 26.2 Å². The average Bonchev–Trinajstić information content (AvgIpc) is 2.38.